The second-order valence-electron chi connectivity index (χ2n) is 11.9. The summed E-state index contributed by atoms with van der Waals surface area (Å²) in [5.41, 5.74) is 9.85. The molecule has 4 aromatic rings. The van der Waals surface area contributed by atoms with Crippen LogP contribution in [0.5, 0.6) is 0 Å². The average molecular weight is 565 g/mol. The maximum atomic E-state index is 13.2. The topological polar surface area (TPSA) is 89.2 Å². The molecular formula is C35H37FN4O2. The maximum absolute atomic E-state index is 13.2. The number of fused-ring (bicyclic) bond motifs is 1. The number of halogens is 1. The van der Waals surface area contributed by atoms with Gasteiger partial charge in [0.05, 0.1) is 6.20 Å². The van der Waals surface area contributed by atoms with E-state index in [1.807, 2.05) is 30.3 Å². The molecule has 42 heavy (non-hydrogen) atoms. The van der Waals surface area contributed by atoms with Crippen LogP contribution in [0.1, 0.15) is 77.1 Å². The molecule has 0 bridgehead atoms. The normalized spacial score (nSPS) is 20.0. The fraction of sp³-hybridized carbons (Fsp3) is 0.371. The molecule has 3 aromatic carbocycles. The number of nitrogens with zero attached hydrogens (tertiary/aromatic N) is 3. The van der Waals surface area contributed by atoms with Crippen LogP contribution in [0.2, 0.25) is 0 Å². The van der Waals surface area contributed by atoms with Crippen LogP contribution >= 0.6 is 0 Å². The Hall–Kier alpha value is -3.97. The summed E-state index contributed by atoms with van der Waals surface area (Å²) in [5, 5.41) is 10.7. The molecule has 216 valence electrons. The Morgan fingerprint density at radius 1 is 0.905 bits per heavy atom. The van der Waals surface area contributed by atoms with Gasteiger partial charge in [-0.2, -0.15) is 5.10 Å². The van der Waals surface area contributed by atoms with Crippen LogP contribution in [0.25, 0.3) is 22.0 Å². The molecular weight excluding hydrogens is 527 g/mol. The highest BCUT2D eigenvalue weighted by Gasteiger charge is 2.29. The number of hydrogen-bond donors (Lipinski definition) is 1. The van der Waals surface area contributed by atoms with Crippen LogP contribution in [0, 0.1) is 17.7 Å². The molecule has 1 amide bonds. The minimum atomic E-state index is -0.385. The number of ketones is 1. The zero-order valence-corrected chi connectivity index (χ0v) is 23.8. The number of benzene rings is 3. The molecule has 1 aliphatic carbocycles. The molecule has 2 aliphatic rings. The lowest BCUT2D eigenvalue weighted by Crippen LogP contribution is -2.37. The molecule has 1 aliphatic heterocycles. The van der Waals surface area contributed by atoms with Crippen molar-refractivity contribution in [2.45, 2.75) is 50.9 Å². The SMILES string of the molecule is NC(=O)c1ccc(-c2nncc3ccccc23)cc1C1CCC(CCN2CCC(C(=O)c3ccc(F)cc3)CC2)CC1. The first-order chi connectivity index (χ1) is 20.5. The Morgan fingerprint density at radius 2 is 1.64 bits per heavy atom. The predicted molar refractivity (Wildman–Crippen MR) is 163 cm³/mol. The van der Waals surface area contributed by atoms with Crippen molar-refractivity contribution in [3.05, 3.63) is 95.4 Å². The Labute approximate surface area is 246 Å². The Morgan fingerprint density at radius 3 is 2.38 bits per heavy atom. The molecule has 1 saturated carbocycles. The van der Waals surface area contributed by atoms with Gasteiger partial charge in [-0.15, -0.1) is 5.10 Å². The highest BCUT2D eigenvalue weighted by Crippen LogP contribution is 2.40. The molecule has 0 atom stereocenters. The van der Waals surface area contributed by atoms with Gasteiger partial charge in [0.2, 0.25) is 5.91 Å². The van der Waals surface area contributed by atoms with E-state index in [0.29, 0.717) is 23.0 Å². The summed E-state index contributed by atoms with van der Waals surface area (Å²) in [7, 11) is 0. The van der Waals surface area contributed by atoms with Crippen molar-refractivity contribution in [3.8, 4) is 11.3 Å². The van der Waals surface area contributed by atoms with Gasteiger partial charge >= 0.3 is 0 Å². The third-order valence-corrected chi connectivity index (χ3v) is 9.39. The number of likely N-dealkylation sites (tertiary alicyclic amines) is 1. The standard InChI is InChI=1S/C35H37FN4O2/c36-29-12-9-25(10-13-29)34(41)26-16-19-40(20-17-26)18-15-23-5-7-24(8-6-23)32-21-27(11-14-31(32)35(37)42)33-30-4-2-1-3-28(30)22-38-39-33/h1-4,9-14,21-24,26H,5-8,15-20H2,(H2,37,42). The number of hydrogen-bond acceptors (Lipinski definition) is 5. The molecule has 1 saturated heterocycles. The zero-order chi connectivity index (χ0) is 29.1. The van der Waals surface area contributed by atoms with Gasteiger partial charge in [0.1, 0.15) is 11.5 Å². The largest absolute Gasteiger partial charge is 0.366 e. The van der Waals surface area contributed by atoms with Crippen LogP contribution in [0.4, 0.5) is 4.39 Å². The molecule has 0 spiro atoms. The fourth-order valence-corrected chi connectivity index (χ4v) is 6.91. The molecule has 2 heterocycles. The molecule has 2 fully saturated rings. The third kappa shape index (κ3) is 6.12. The molecule has 0 radical (unpaired) electrons. The summed E-state index contributed by atoms with van der Waals surface area (Å²) >= 11 is 0. The molecule has 7 heteroatoms. The third-order valence-electron chi connectivity index (χ3n) is 9.39. The maximum Gasteiger partial charge on any atom is 0.248 e. The van der Waals surface area contributed by atoms with E-state index in [-0.39, 0.29) is 23.4 Å². The van der Waals surface area contributed by atoms with Gasteiger partial charge < -0.3 is 10.6 Å². The lowest BCUT2D eigenvalue weighted by molar-refractivity contribution is 0.0832. The Kier molecular flexibility index (Phi) is 8.38. The van der Waals surface area contributed by atoms with Crippen molar-refractivity contribution in [2.75, 3.05) is 19.6 Å². The highest BCUT2D eigenvalue weighted by atomic mass is 19.1. The summed E-state index contributed by atoms with van der Waals surface area (Å²) in [6, 6.07) is 19.9. The van der Waals surface area contributed by atoms with Gasteiger partial charge in [-0.05, 0) is 118 Å². The molecule has 1 aromatic heterocycles. The lowest BCUT2D eigenvalue weighted by Gasteiger charge is -2.34. The summed E-state index contributed by atoms with van der Waals surface area (Å²) < 4.78 is 13.2. The van der Waals surface area contributed by atoms with Crippen molar-refractivity contribution in [2.24, 2.45) is 17.6 Å². The van der Waals surface area contributed by atoms with Gasteiger partial charge in [0, 0.05) is 33.4 Å². The van der Waals surface area contributed by atoms with E-state index in [1.54, 1.807) is 18.3 Å². The number of rotatable bonds is 8. The van der Waals surface area contributed by atoms with Crippen LogP contribution < -0.4 is 5.73 Å². The minimum absolute atomic E-state index is 0.0252. The first-order valence-electron chi connectivity index (χ1n) is 15.1. The number of carbonyl (C=O) groups excluding carboxylic acids is 2. The predicted octanol–water partition coefficient (Wildman–Crippen LogP) is 6.79. The summed E-state index contributed by atoms with van der Waals surface area (Å²) in [6.07, 6.45) is 8.95. The molecule has 2 N–H and O–H groups in total. The monoisotopic (exact) mass is 564 g/mol. The number of carbonyl (C=O) groups is 2. The van der Waals surface area contributed by atoms with E-state index in [2.05, 4.69) is 27.2 Å². The van der Waals surface area contributed by atoms with Gasteiger partial charge in [-0.1, -0.05) is 30.3 Å². The van der Waals surface area contributed by atoms with Crippen molar-refractivity contribution in [1.82, 2.24) is 15.1 Å². The van der Waals surface area contributed by atoms with Gasteiger partial charge in [-0.3, -0.25) is 9.59 Å². The molecule has 6 nitrogen and oxygen atoms in total. The van der Waals surface area contributed by atoms with Gasteiger partial charge in [-0.25, -0.2) is 4.39 Å². The summed E-state index contributed by atoms with van der Waals surface area (Å²) in [4.78, 5) is 27.7. The summed E-state index contributed by atoms with van der Waals surface area (Å²) in [6.45, 7) is 2.91. The van der Waals surface area contributed by atoms with Crippen molar-refractivity contribution < 1.29 is 14.0 Å². The van der Waals surface area contributed by atoms with E-state index in [9.17, 15) is 14.0 Å². The van der Waals surface area contributed by atoms with Crippen molar-refractivity contribution in [3.63, 3.8) is 0 Å². The van der Waals surface area contributed by atoms with Gasteiger partial charge in [0.15, 0.2) is 5.78 Å². The number of primary amides is 1. The van der Waals surface area contributed by atoms with Crippen LogP contribution in [0.3, 0.4) is 0 Å². The molecule has 6 rings (SSSR count). The first-order valence-corrected chi connectivity index (χ1v) is 15.1. The quantitative estimate of drug-likeness (QED) is 0.238. The van der Waals surface area contributed by atoms with Crippen LogP contribution in [-0.2, 0) is 0 Å². The summed E-state index contributed by atoms with van der Waals surface area (Å²) in [5.74, 6) is 0.415. The Bertz CT molecular complexity index is 1570. The van der Waals surface area contributed by atoms with E-state index in [0.717, 1.165) is 92.2 Å². The number of nitrogens with two attached hydrogens (primary N) is 1. The van der Waals surface area contributed by atoms with E-state index >= 15 is 0 Å². The lowest BCUT2D eigenvalue weighted by atomic mass is 9.76. The average Bonchev–Trinajstić information content (AvgIpc) is 3.04. The van der Waals surface area contributed by atoms with Gasteiger partial charge in [0.25, 0.3) is 0 Å². The second-order valence-corrected chi connectivity index (χ2v) is 11.9. The smallest absolute Gasteiger partial charge is 0.248 e. The minimum Gasteiger partial charge on any atom is -0.366 e. The number of piperidine rings is 1. The number of Topliss-reactive ketones (excluding diaryl/α,β-unsaturated/α-hetero) is 1. The van der Waals surface area contributed by atoms with E-state index < -0.39 is 0 Å². The van der Waals surface area contributed by atoms with Crippen LogP contribution in [-0.4, -0.2) is 46.4 Å². The fourth-order valence-electron chi connectivity index (χ4n) is 6.91. The Balaban J connectivity index is 1.05. The number of aromatic nitrogens is 2. The van der Waals surface area contributed by atoms with Crippen molar-refractivity contribution >= 4 is 22.5 Å². The van der Waals surface area contributed by atoms with Crippen LogP contribution in [0.15, 0.2) is 72.9 Å². The number of amides is 1. The second kappa shape index (κ2) is 12.5. The molecule has 0 unspecified atom stereocenters. The van der Waals surface area contributed by atoms with E-state index in [1.165, 1.54) is 12.1 Å². The first kappa shape index (κ1) is 28.2. The zero-order valence-electron chi connectivity index (χ0n) is 23.8. The van der Waals surface area contributed by atoms with Crippen molar-refractivity contribution in [1.29, 1.82) is 0 Å². The van der Waals surface area contributed by atoms with E-state index in [4.69, 9.17) is 5.73 Å². The highest BCUT2D eigenvalue weighted by molar-refractivity contribution is 5.98.